The molecule has 2 heteroatoms. The minimum Gasteiger partial charge on any atom is -0.458 e. The Morgan fingerprint density at radius 1 is 0.929 bits per heavy atom. The third-order valence-electron chi connectivity index (χ3n) is 9.36. The summed E-state index contributed by atoms with van der Waals surface area (Å²) in [5, 5.41) is 0. The Labute approximate surface area is 174 Å². The standard InChI is InChI=1S/C26H46O2/c1-9-26(10-2,25-15-19-11-20(16-25)13-21(12-19)17-25)28-22(27)24(8,14-18(3)4)23(5,6)7/h18-21H,9-17H2,1-8H3. The van der Waals surface area contributed by atoms with Crippen molar-refractivity contribution in [2.24, 2.45) is 39.9 Å². The lowest BCUT2D eigenvalue weighted by atomic mass is 9.44. The molecule has 0 saturated heterocycles. The maximum absolute atomic E-state index is 13.9. The van der Waals surface area contributed by atoms with Crippen LogP contribution >= 0.6 is 0 Å². The number of hydrogen-bond donors (Lipinski definition) is 0. The second-order valence-electron chi connectivity index (χ2n) is 12.5. The zero-order valence-corrected chi connectivity index (χ0v) is 20.0. The molecule has 0 N–H and O–H groups in total. The van der Waals surface area contributed by atoms with Crippen molar-refractivity contribution in [3.05, 3.63) is 0 Å². The van der Waals surface area contributed by atoms with Crippen molar-refractivity contribution in [1.29, 1.82) is 0 Å². The Morgan fingerprint density at radius 3 is 1.68 bits per heavy atom. The molecule has 0 amide bonds. The zero-order chi connectivity index (χ0) is 21.0. The molecule has 162 valence electrons. The van der Waals surface area contributed by atoms with E-state index >= 15 is 0 Å². The van der Waals surface area contributed by atoms with E-state index in [4.69, 9.17) is 4.74 Å². The van der Waals surface area contributed by atoms with E-state index < -0.39 is 5.41 Å². The molecule has 0 radical (unpaired) electrons. The van der Waals surface area contributed by atoms with Crippen LogP contribution in [0.15, 0.2) is 0 Å². The van der Waals surface area contributed by atoms with Crippen molar-refractivity contribution in [1.82, 2.24) is 0 Å². The normalized spacial score (nSPS) is 34.5. The van der Waals surface area contributed by atoms with Crippen LogP contribution in [-0.2, 0) is 9.53 Å². The lowest BCUT2D eigenvalue weighted by Gasteiger charge is -2.63. The molecule has 4 aliphatic rings. The second-order valence-corrected chi connectivity index (χ2v) is 12.5. The van der Waals surface area contributed by atoms with Crippen LogP contribution in [0.1, 0.15) is 113 Å². The molecule has 1 atom stereocenters. The monoisotopic (exact) mass is 390 g/mol. The maximum atomic E-state index is 13.9. The van der Waals surface area contributed by atoms with E-state index in [2.05, 4.69) is 55.4 Å². The average molecular weight is 391 g/mol. The summed E-state index contributed by atoms with van der Waals surface area (Å²) >= 11 is 0. The molecule has 4 aliphatic carbocycles. The number of carbonyl (C=O) groups excluding carboxylic acids is 1. The van der Waals surface area contributed by atoms with Crippen LogP contribution in [0.3, 0.4) is 0 Å². The first-order chi connectivity index (χ1) is 12.9. The summed E-state index contributed by atoms with van der Waals surface area (Å²) in [4.78, 5) is 13.9. The Kier molecular flexibility index (Phi) is 5.79. The predicted molar refractivity (Wildman–Crippen MR) is 117 cm³/mol. The zero-order valence-electron chi connectivity index (χ0n) is 20.0. The molecule has 28 heavy (non-hydrogen) atoms. The Balaban J connectivity index is 1.93. The molecule has 0 heterocycles. The van der Waals surface area contributed by atoms with Crippen LogP contribution in [0.25, 0.3) is 0 Å². The SMILES string of the molecule is CCC(CC)(OC(=O)C(C)(CC(C)C)C(C)(C)C)C12CC3CC(CC(C3)C1)C2. The topological polar surface area (TPSA) is 26.3 Å². The first kappa shape index (κ1) is 22.2. The highest BCUT2D eigenvalue weighted by Gasteiger charge is 2.62. The quantitative estimate of drug-likeness (QED) is 0.423. The highest BCUT2D eigenvalue weighted by molar-refractivity contribution is 5.78. The predicted octanol–water partition coefficient (Wildman–Crippen LogP) is 7.40. The average Bonchev–Trinajstić information content (AvgIpc) is 2.56. The fourth-order valence-electron chi connectivity index (χ4n) is 7.72. The summed E-state index contributed by atoms with van der Waals surface area (Å²) < 4.78 is 6.77. The van der Waals surface area contributed by atoms with Gasteiger partial charge in [-0.05, 0) is 93.8 Å². The smallest absolute Gasteiger partial charge is 0.312 e. The molecule has 0 aromatic heterocycles. The molecular weight excluding hydrogens is 344 g/mol. The summed E-state index contributed by atoms with van der Waals surface area (Å²) in [6, 6.07) is 0. The summed E-state index contributed by atoms with van der Waals surface area (Å²) in [6.07, 6.45) is 11.0. The van der Waals surface area contributed by atoms with E-state index in [0.717, 1.165) is 37.0 Å². The van der Waals surface area contributed by atoms with E-state index in [9.17, 15) is 4.79 Å². The lowest BCUT2D eigenvalue weighted by Crippen LogP contribution is -2.61. The third kappa shape index (κ3) is 3.45. The summed E-state index contributed by atoms with van der Waals surface area (Å²) in [7, 11) is 0. The number of ether oxygens (including phenoxy) is 1. The molecule has 2 nitrogen and oxygen atoms in total. The number of carbonyl (C=O) groups is 1. The van der Waals surface area contributed by atoms with E-state index in [-0.39, 0.29) is 22.4 Å². The number of esters is 1. The van der Waals surface area contributed by atoms with Crippen molar-refractivity contribution in [3.8, 4) is 0 Å². The lowest BCUT2D eigenvalue weighted by molar-refractivity contribution is -0.224. The number of hydrogen-bond acceptors (Lipinski definition) is 2. The second kappa shape index (κ2) is 7.31. The van der Waals surface area contributed by atoms with Crippen LogP contribution in [0.5, 0.6) is 0 Å². The van der Waals surface area contributed by atoms with Gasteiger partial charge < -0.3 is 4.74 Å². The van der Waals surface area contributed by atoms with E-state index in [0.29, 0.717) is 5.92 Å². The van der Waals surface area contributed by atoms with Crippen LogP contribution in [0.4, 0.5) is 0 Å². The van der Waals surface area contributed by atoms with Gasteiger partial charge in [0, 0.05) is 5.41 Å². The molecule has 4 rings (SSSR count). The molecular formula is C26H46O2. The van der Waals surface area contributed by atoms with Crippen molar-refractivity contribution in [2.45, 2.75) is 119 Å². The molecule has 4 saturated carbocycles. The summed E-state index contributed by atoms with van der Waals surface area (Å²) in [5.74, 6) is 3.19. The van der Waals surface area contributed by atoms with Gasteiger partial charge in [-0.25, -0.2) is 0 Å². The first-order valence-corrected chi connectivity index (χ1v) is 12.1. The van der Waals surface area contributed by atoms with Gasteiger partial charge in [-0.2, -0.15) is 0 Å². The minimum absolute atomic E-state index is 0.0631. The first-order valence-electron chi connectivity index (χ1n) is 12.1. The van der Waals surface area contributed by atoms with Gasteiger partial charge in [-0.15, -0.1) is 0 Å². The molecule has 0 aromatic rings. The molecule has 4 fully saturated rings. The molecule has 4 bridgehead atoms. The Morgan fingerprint density at radius 2 is 1.36 bits per heavy atom. The third-order valence-corrected chi connectivity index (χ3v) is 9.36. The molecule has 0 aromatic carbocycles. The Hall–Kier alpha value is -0.530. The van der Waals surface area contributed by atoms with Crippen LogP contribution < -0.4 is 0 Å². The van der Waals surface area contributed by atoms with Crippen LogP contribution in [0.2, 0.25) is 0 Å². The van der Waals surface area contributed by atoms with Crippen molar-refractivity contribution in [2.75, 3.05) is 0 Å². The molecule has 1 unspecified atom stereocenters. The largest absolute Gasteiger partial charge is 0.458 e. The van der Waals surface area contributed by atoms with Gasteiger partial charge in [0.1, 0.15) is 5.60 Å². The van der Waals surface area contributed by atoms with Gasteiger partial charge in [0.05, 0.1) is 5.41 Å². The van der Waals surface area contributed by atoms with E-state index in [1.54, 1.807) is 0 Å². The van der Waals surface area contributed by atoms with Gasteiger partial charge >= 0.3 is 5.97 Å². The highest BCUT2D eigenvalue weighted by Crippen LogP contribution is 2.66. The van der Waals surface area contributed by atoms with Crippen LogP contribution in [0, 0.1) is 39.9 Å². The fourth-order valence-corrected chi connectivity index (χ4v) is 7.72. The fraction of sp³-hybridized carbons (Fsp3) is 0.962. The maximum Gasteiger partial charge on any atom is 0.312 e. The molecule has 0 aliphatic heterocycles. The van der Waals surface area contributed by atoms with Crippen molar-refractivity contribution < 1.29 is 9.53 Å². The van der Waals surface area contributed by atoms with Gasteiger partial charge in [0.25, 0.3) is 0 Å². The van der Waals surface area contributed by atoms with E-state index in [1.807, 2.05) is 0 Å². The summed E-state index contributed by atoms with van der Waals surface area (Å²) in [5.41, 5.74) is -0.594. The van der Waals surface area contributed by atoms with Gasteiger partial charge in [-0.1, -0.05) is 48.5 Å². The van der Waals surface area contributed by atoms with Crippen molar-refractivity contribution >= 4 is 5.97 Å². The molecule has 0 spiro atoms. The van der Waals surface area contributed by atoms with Gasteiger partial charge in [0.2, 0.25) is 0 Å². The minimum atomic E-state index is -0.445. The van der Waals surface area contributed by atoms with Gasteiger partial charge in [-0.3, -0.25) is 4.79 Å². The van der Waals surface area contributed by atoms with Gasteiger partial charge in [0.15, 0.2) is 0 Å². The van der Waals surface area contributed by atoms with Crippen LogP contribution in [-0.4, -0.2) is 11.6 Å². The van der Waals surface area contributed by atoms with Crippen molar-refractivity contribution in [3.63, 3.8) is 0 Å². The number of rotatable bonds is 7. The summed E-state index contributed by atoms with van der Waals surface area (Å²) in [6.45, 7) is 17.8. The highest BCUT2D eigenvalue weighted by atomic mass is 16.6. The van der Waals surface area contributed by atoms with E-state index in [1.165, 1.54) is 38.5 Å². The Bertz CT molecular complexity index is 542.